The minimum atomic E-state index is -0.493. The van der Waals surface area contributed by atoms with E-state index in [1.54, 1.807) is 10.7 Å². The number of amides is 1. The van der Waals surface area contributed by atoms with Crippen LogP contribution >= 0.6 is 0 Å². The van der Waals surface area contributed by atoms with Gasteiger partial charge >= 0.3 is 0 Å². The number of likely N-dealkylation sites (tertiary alicyclic amines) is 1. The van der Waals surface area contributed by atoms with Crippen LogP contribution in [0.15, 0.2) is 28.0 Å². The number of aryl methyl sites for hydroxylation is 2. The molecule has 0 radical (unpaired) electrons. The molecule has 9 heteroatoms. The van der Waals surface area contributed by atoms with E-state index in [0.29, 0.717) is 19.6 Å². The summed E-state index contributed by atoms with van der Waals surface area (Å²) in [5.74, 6) is -0.464. The number of nitrogens with zero attached hydrogens (tertiary/aromatic N) is 4. The van der Waals surface area contributed by atoms with E-state index < -0.39 is 11.5 Å². The molecule has 2 aromatic rings. The quantitative estimate of drug-likeness (QED) is 0.714. The Hall–Kier alpha value is -2.81. The van der Waals surface area contributed by atoms with E-state index in [1.165, 1.54) is 12.4 Å². The van der Waals surface area contributed by atoms with Crippen molar-refractivity contribution in [2.24, 2.45) is 0 Å². The summed E-state index contributed by atoms with van der Waals surface area (Å²) in [5.41, 5.74) is 1.49. The van der Waals surface area contributed by atoms with E-state index in [2.05, 4.69) is 25.3 Å². The second-order valence-corrected chi connectivity index (χ2v) is 7.69. The Balaban J connectivity index is 1.37. The Morgan fingerprint density at radius 1 is 1.21 bits per heavy atom. The van der Waals surface area contributed by atoms with Gasteiger partial charge in [-0.3, -0.25) is 19.3 Å². The van der Waals surface area contributed by atoms with Crippen molar-refractivity contribution in [2.45, 2.75) is 51.1 Å². The van der Waals surface area contributed by atoms with Crippen molar-refractivity contribution in [1.29, 1.82) is 0 Å². The normalized spacial score (nSPS) is 19.1. The molecule has 1 atom stereocenters. The lowest BCUT2D eigenvalue weighted by atomic mass is 10.0. The minimum Gasteiger partial charge on any atom is -0.349 e. The molecule has 0 aromatic carbocycles. The van der Waals surface area contributed by atoms with E-state index in [0.717, 1.165) is 56.3 Å². The van der Waals surface area contributed by atoms with Crippen molar-refractivity contribution < 1.29 is 4.79 Å². The number of hydrogen-bond acceptors (Lipinski definition) is 6. The van der Waals surface area contributed by atoms with Crippen LogP contribution in [0.4, 0.5) is 0 Å². The Morgan fingerprint density at radius 3 is 2.97 bits per heavy atom. The third-order valence-electron chi connectivity index (χ3n) is 5.79. The second-order valence-electron chi connectivity index (χ2n) is 7.69. The van der Waals surface area contributed by atoms with E-state index >= 15 is 0 Å². The van der Waals surface area contributed by atoms with Gasteiger partial charge in [-0.25, -0.2) is 9.67 Å². The number of carbonyl (C=O) groups excluding carboxylic acids is 1. The van der Waals surface area contributed by atoms with Gasteiger partial charge in [-0.2, -0.15) is 5.10 Å². The molecule has 1 amide bonds. The number of aromatic amines is 1. The number of piperidine rings is 1. The number of hydrogen-bond donors (Lipinski definition) is 2. The van der Waals surface area contributed by atoms with Gasteiger partial charge in [-0.05, 0) is 44.2 Å². The average molecular weight is 398 g/mol. The predicted octanol–water partition coefficient (Wildman–Crippen LogP) is 0.0998. The Kier molecular flexibility index (Phi) is 5.84. The minimum absolute atomic E-state index is 0.0399. The lowest BCUT2D eigenvalue weighted by molar-refractivity contribution is 0.0902. The van der Waals surface area contributed by atoms with E-state index in [1.807, 2.05) is 0 Å². The lowest BCUT2D eigenvalue weighted by Crippen LogP contribution is -2.48. The molecule has 2 aromatic heterocycles. The summed E-state index contributed by atoms with van der Waals surface area (Å²) in [6, 6.07) is 1.90. The van der Waals surface area contributed by atoms with Gasteiger partial charge in [-0.15, -0.1) is 0 Å². The molecule has 2 N–H and O–H groups in total. The zero-order chi connectivity index (χ0) is 20.2. The SMILES string of the molecule is O=C(NCC1CCCCN1CCn1nc2c(cc1=O)CCC2)c1ncc[nH]c1=O. The van der Waals surface area contributed by atoms with Crippen molar-refractivity contribution in [3.63, 3.8) is 0 Å². The number of rotatable bonds is 6. The topological polar surface area (TPSA) is 113 Å². The second kappa shape index (κ2) is 8.69. The molecule has 1 aliphatic carbocycles. The molecular formula is C20H26N6O3. The van der Waals surface area contributed by atoms with Gasteiger partial charge < -0.3 is 10.3 Å². The summed E-state index contributed by atoms with van der Waals surface area (Å²) < 4.78 is 1.57. The van der Waals surface area contributed by atoms with Crippen molar-refractivity contribution >= 4 is 5.91 Å². The number of nitrogens with one attached hydrogen (secondary N) is 2. The third-order valence-corrected chi connectivity index (χ3v) is 5.79. The van der Waals surface area contributed by atoms with Gasteiger partial charge in [-0.1, -0.05) is 6.42 Å². The van der Waals surface area contributed by atoms with E-state index in [4.69, 9.17) is 0 Å². The molecule has 0 spiro atoms. The van der Waals surface area contributed by atoms with Crippen LogP contribution in [-0.4, -0.2) is 56.2 Å². The van der Waals surface area contributed by atoms with Crippen LogP contribution in [0, 0.1) is 0 Å². The highest BCUT2D eigenvalue weighted by Crippen LogP contribution is 2.18. The van der Waals surface area contributed by atoms with Gasteiger partial charge in [0.25, 0.3) is 17.0 Å². The number of fused-ring (bicyclic) bond motifs is 1. The monoisotopic (exact) mass is 398 g/mol. The fourth-order valence-corrected chi connectivity index (χ4v) is 4.22. The third kappa shape index (κ3) is 4.45. The summed E-state index contributed by atoms with van der Waals surface area (Å²) in [6.07, 6.45) is 8.91. The highest BCUT2D eigenvalue weighted by Gasteiger charge is 2.24. The van der Waals surface area contributed by atoms with E-state index in [9.17, 15) is 14.4 Å². The lowest BCUT2D eigenvalue weighted by Gasteiger charge is -2.35. The summed E-state index contributed by atoms with van der Waals surface area (Å²) in [7, 11) is 0. The molecule has 154 valence electrons. The molecule has 9 nitrogen and oxygen atoms in total. The smallest absolute Gasteiger partial charge is 0.279 e. The van der Waals surface area contributed by atoms with Crippen molar-refractivity contribution in [3.8, 4) is 0 Å². The summed E-state index contributed by atoms with van der Waals surface area (Å²) in [4.78, 5) is 44.9. The molecule has 1 saturated heterocycles. The summed E-state index contributed by atoms with van der Waals surface area (Å²) in [6.45, 7) is 2.61. The number of aromatic nitrogens is 4. The fraction of sp³-hybridized carbons (Fsp3) is 0.550. The first kappa shape index (κ1) is 19.5. The van der Waals surface area contributed by atoms with Crippen molar-refractivity contribution in [2.75, 3.05) is 19.6 Å². The largest absolute Gasteiger partial charge is 0.349 e. The predicted molar refractivity (Wildman–Crippen MR) is 107 cm³/mol. The Labute approximate surface area is 168 Å². The molecule has 1 aliphatic heterocycles. The molecule has 0 bridgehead atoms. The maximum Gasteiger partial charge on any atom is 0.279 e. The molecular weight excluding hydrogens is 372 g/mol. The average Bonchev–Trinajstić information content (AvgIpc) is 3.18. The maximum atomic E-state index is 12.3. The molecule has 1 fully saturated rings. The number of H-pyrrole nitrogens is 1. The van der Waals surface area contributed by atoms with Crippen LogP contribution in [-0.2, 0) is 19.4 Å². The van der Waals surface area contributed by atoms with Crippen LogP contribution in [0.25, 0.3) is 0 Å². The van der Waals surface area contributed by atoms with Gasteiger partial charge in [0.1, 0.15) is 0 Å². The zero-order valence-corrected chi connectivity index (χ0v) is 16.4. The highest BCUT2D eigenvalue weighted by atomic mass is 16.2. The van der Waals surface area contributed by atoms with Gasteiger partial charge in [0, 0.05) is 37.6 Å². The molecule has 3 heterocycles. The van der Waals surface area contributed by atoms with Gasteiger partial charge in [0.05, 0.1) is 12.2 Å². The molecule has 1 unspecified atom stereocenters. The Bertz CT molecular complexity index is 998. The highest BCUT2D eigenvalue weighted by molar-refractivity contribution is 5.91. The standard InChI is InChI=1S/C20H26N6O3/c27-17-12-14-4-3-6-16(14)24-26(17)11-10-25-9-2-1-5-15(25)13-23-20(29)18-19(28)22-8-7-21-18/h7-8,12,15H,1-6,9-11,13H2,(H,22,28)(H,23,29). The first-order valence-corrected chi connectivity index (χ1v) is 10.3. The summed E-state index contributed by atoms with van der Waals surface area (Å²) in [5, 5.41) is 7.38. The zero-order valence-electron chi connectivity index (χ0n) is 16.4. The van der Waals surface area contributed by atoms with Crippen LogP contribution in [0.3, 0.4) is 0 Å². The van der Waals surface area contributed by atoms with Crippen LogP contribution in [0.5, 0.6) is 0 Å². The Morgan fingerprint density at radius 2 is 2.10 bits per heavy atom. The molecule has 29 heavy (non-hydrogen) atoms. The molecule has 2 aliphatic rings. The van der Waals surface area contributed by atoms with Crippen molar-refractivity contribution in [1.82, 2.24) is 30.0 Å². The van der Waals surface area contributed by atoms with Gasteiger partial charge in [0.2, 0.25) is 0 Å². The fourth-order valence-electron chi connectivity index (χ4n) is 4.22. The first-order valence-electron chi connectivity index (χ1n) is 10.3. The van der Waals surface area contributed by atoms with Crippen LogP contribution in [0.2, 0.25) is 0 Å². The van der Waals surface area contributed by atoms with Crippen LogP contribution in [0.1, 0.15) is 47.4 Å². The van der Waals surface area contributed by atoms with Crippen LogP contribution < -0.4 is 16.4 Å². The van der Waals surface area contributed by atoms with Gasteiger partial charge in [0.15, 0.2) is 5.69 Å². The first-order chi connectivity index (χ1) is 14.1. The maximum absolute atomic E-state index is 12.3. The van der Waals surface area contributed by atoms with E-state index in [-0.39, 0.29) is 17.3 Å². The van der Waals surface area contributed by atoms with Crippen molar-refractivity contribution in [3.05, 3.63) is 56.1 Å². The summed E-state index contributed by atoms with van der Waals surface area (Å²) >= 11 is 0. The molecule has 4 rings (SSSR count). The molecule has 0 saturated carbocycles. The number of carbonyl (C=O) groups is 1.